The summed E-state index contributed by atoms with van der Waals surface area (Å²) in [6, 6.07) is 16.7. The van der Waals surface area contributed by atoms with E-state index in [0.29, 0.717) is 13.1 Å². The van der Waals surface area contributed by atoms with Gasteiger partial charge in [-0.05, 0) is 56.2 Å². The Morgan fingerprint density at radius 2 is 1.62 bits per heavy atom. The molecule has 1 heterocycles. The van der Waals surface area contributed by atoms with Gasteiger partial charge in [-0.25, -0.2) is 0 Å². The van der Waals surface area contributed by atoms with Crippen LogP contribution in [0.1, 0.15) is 19.8 Å². The molecule has 0 bridgehead atoms. The molecule has 2 aromatic carbocycles. The predicted octanol–water partition coefficient (Wildman–Crippen LogP) is 3.45. The Kier molecular flexibility index (Phi) is 4.37. The number of piperazine rings is 1. The molecule has 2 aromatic rings. The summed E-state index contributed by atoms with van der Waals surface area (Å²) < 4.78 is 5.79. The van der Waals surface area contributed by atoms with Crippen LogP contribution in [-0.2, 0) is 9.59 Å². The summed E-state index contributed by atoms with van der Waals surface area (Å²) in [7, 11) is 0. The first-order valence-corrected chi connectivity index (χ1v) is 9.08. The Morgan fingerprint density at radius 1 is 0.962 bits per heavy atom. The molecule has 0 unspecified atom stereocenters. The maximum atomic E-state index is 12.8. The van der Waals surface area contributed by atoms with Crippen LogP contribution in [0.25, 0.3) is 0 Å². The van der Waals surface area contributed by atoms with Crippen molar-refractivity contribution in [1.82, 2.24) is 4.90 Å². The van der Waals surface area contributed by atoms with Crippen LogP contribution in [0.4, 0.5) is 5.69 Å². The molecule has 26 heavy (non-hydrogen) atoms. The Labute approximate surface area is 153 Å². The topological polar surface area (TPSA) is 49.9 Å². The first kappa shape index (κ1) is 16.6. The van der Waals surface area contributed by atoms with Gasteiger partial charge < -0.3 is 14.5 Å². The van der Waals surface area contributed by atoms with Crippen molar-refractivity contribution in [2.45, 2.75) is 25.8 Å². The molecule has 0 aromatic heterocycles. The van der Waals surface area contributed by atoms with Gasteiger partial charge in [0.15, 0.2) is 0 Å². The highest BCUT2D eigenvalue weighted by molar-refractivity contribution is 6.00. The number of carbonyl (C=O) groups excluding carboxylic acids is 2. The van der Waals surface area contributed by atoms with Crippen molar-refractivity contribution < 1.29 is 14.3 Å². The van der Waals surface area contributed by atoms with E-state index in [1.54, 1.807) is 9.80 Å². The molecule has 0 radical (unpaired) electrons. The fourth-order valence-electron chi connectivity index (χ4n) is 3.31. The van der Waals surface area contributed by atoms with Crippen LogP contribution < -0.4 is 9.64 Å². The molecule has 134 valence electrons. The van der Waals surface area contributed by atoms with E-state index in [4.69, 9.17) is 4.74 Å². The van der Waals surface area contributed by atoms with E-state index in [1.807, 2.05) is 61.5 Å². The molecule has 2 amide bonds. The maximum Gasteiger partial charge on any atom is 0.249 e. The molecule has 2 aliphatic rings. The summed E-state index contributed by atoms with van der Waals surface area (Å²) in [5.41, 5.74) is 0.834. The number of nitrogens with zero attached hydrogens (tertiary/aromatic N) is 2. The van der Waals surface area contributed by atoms with Gasteiger partial charge in [-0.2, -0.15) is 0 Å². The van der Waals surface area contributed by atoms with Crippen molar-refractivity contribution in [3.8, 4) is 11.5 Å². The molecule has 5 heteroatoms. The number of hydrogen-bond acceptors (Lipinski definition) is 3. The van der Waals surface area contributed by atoms with Gasteiger partial charge in [0.25, 0.3) is 0 Å². The smallest absolute Gasteiger partial charge is 0.249 e. The molecule has 1 aliphatic carbocycles. The van der Waals surface area contributed by atoms with Crippen molar-refractivity contribution in [2.75, 3.05) is 18.0 Å². The fourth-order valence-corrected chi connectivity index (χ4v) is 3.31. The molecule has 1 aliphatic heterocycles. The fraction of sp³-hybridized carbons (Fsp3) is 0.333. The Bertz CT molecular complexity index is 800. The normalized spacial score (nSPS) is 20.2. The lowest BCUT2D eigenvalue weighted by Gasteiger charge is -2.39. The van der Waals surface area contributed by atoms with E-state index in [-0.39, 0.29) is 17.7 Å². The van der Waals surface area contributed by atoms with Crippen molar-refractivity contribution in [3.05, 3.63) is 54.6 Å². The monoisotopic (exact) mass is 350 g/mol. The lowest BCUT2D eigenvalue weighted by Crippen LogP contribution is -2.58. The molecular formula is C21H22N2O3. The minimum atomic E-state index is -0.405. The molecular weight excluding hydrogens is 328 g/mol. The highest BCUT2D eigenvalue weighted by Crippen LogP contribution is 2.33. The van der Waals surface area contributed by atoms with Crippen LogP contribution in [0.2, 0.25) is 0 Å². The van der Waals surface area contributed by atoms with Crippen LogP contribution in [-0.4, -0.2) is 35.8 Å². The summed E-state index contributed by atoms with van der Waals surface area (Å²) in [6.45, 7) is 2.94. The summed E-state index contributed by atoms with van der Waals surface area (Å²) in [6.07, 6.45) is 1.92. The largest absolute Gasteiger partial charge is 0.457 e. The predicted molar refractivity (Wildman–Crippen MR) is 99.2 cm³/mol. The van der Waals surface area contributed by atoms with E-state index in [2.05, 4.69) is 0 Å². The highest BCUT2D eigenvalue weighted by Gasteiger charge is 2.40. The second-order valence-corrected chi connectivity index (χ2v) is 6.88. The number of hydrogen-bond donors (Lipinski definition) is 0. The van der Waals surface area contributed by atoms with Crippen molar-refractivity contribution >= 4 is 17.5 Å². The Morgan fingerprint density at radius 3 is 2.27 bits per heavy atom. The van der Waals surface area contributed by atoms with E-state index >= 15 is 0 Å². The first-order chi connectivity index (χ1) is 12.6. The van der Waals surface area contributed by atoms with Gasteiger partial charge in [0.2, 0.25) is 11.8 Å². The molecule has 4 rings (SSSR count). The second kappa shape index (κ2) is 6.83. The molecule has 2 fully saturated rings. The first-order valence-electron chi connectivity index (χ1n) is 9.08. The number of benzene rings is 2. The van der Waals surface area contributed by atoms with Crippen molar-refractivity contribution in [3.63, 3.8) is 0 Å². The van der Waals surface area contributed by atoms with E-state index < -0.39 is 6.04 Å². The van der Waals surface area contributed by atoms with Gasteiger partial charge in [-0.15, -0.1) is 0 Å². The maximum absolute atomic E-state index is 12.8. The number of para-hydroxylation sites is 1. The quantitative estimate of drug-likeness (QED) is 0.849. The highest BCUT2D eigenvalue weighted by atomic mass is 16.5. The summed E-state index contributed by atoms with van der Waals surface area (Å²) in [5.74, 6) is 1.76. The zero-order valence-electron chi connectivity index (χ0n) is 14.8. The SMILES string of the molecule is C[C@@H]1C(=O)N(c2ccc(Oc3ccccc3)cc2)CCN1C(=O)C1CC1. The zero-order valence-corrected chi connectivity index (χ0v) is 14.8. The summed E-state index contributed by atoms with van der Waals surface area (Å²) in [4.78, 5) is 28.6. The van der Waals surface area contributed by atoms with Crippen LogP contribution in [0.15, 0.2) is 54.6 Å². The number of amides is 2. The molecule has 0 N–H and O–H groups in total. The molecule has 1 atom stereocenters. The average Bonchev–Trinajstić information content (AvgIpc) is 3.50. The van der Waals surface area contributed by atoms with Crippen LogP contribution >= 0.6 is 0 Å². The lowest BCUT2D eigenvalue weighted by atomic mass is 10.1. The van der Waals surface area contributed by atoms with Gasteiger partial charge >= 0.3 is 0 Å². The van der Waals surface area contributed by atoms with E-state index in [9.17, 15) is 9.59 Å². The van der Waals surface area contributed by atoms with Gasteiger partial charge in [-0.3, -0.25) is 9.59 Å². The van der Waals surface area contributed by atoms with Crippen LogP contribution in [0, 0.1) is 5.92 Å². The third kappa shape index (κ3) is 3.29. The van der Waals surface area contributed by atoms with Gasteiger partial charge in [0, 0.05) is 24.7 Å². The van der Waals surface area contributed by atoms with Gasteiger partial charge in [0.1, 0.15) is 17.5 Å². The van der Waals surface area contributed by atoms with Crippen molar-refractivity contribution in [1.29, 1.82) is 0 Å². The Balaban J connectivity index is 1.44. The van der Waals surface area contributed by atoms with Crippen LogP contribution in [0.3, 0.4) is 0 Å². The van der Waals surface area contributed by atoms with Gasteiger partial charge in [0.05, 0.1) is 0 Å². The number of ether oxygens (including phenoxy) is 1. The third-order valence-corrected chi connectivity index (χ3v) is 4.99. The average molecular weight is 350 g/mol. The summed E-state index contributed by atoms with van der Waals surface area (Å²) in [5, 5.41) is 0. The second-order valence-electron chi connectivity index (χ2n) is 6.88. The third-order valence-electron chi connectivity index (χ3n) is 4.99. The number of anilines is 1. The minimum Gasteiger partial charge on any atom is -0.457 e. The number of rotatable bonds is 4. The minimum absolute atomic E-state index is 0.0259. The van der Waals surface area contributed by atoms with Crippen LogP contribution in [0.5, 0.6) is 11.5 Å². The molecule has 1 saturated heterocycles. The van der Waals surface area contributed by atoms with E-state index in [0.717, 1.165) is 30.0 Å². The Hall–Kier alpha value is -2.82. The molecule has 5 nitrogen and oxygen atoms in total. The molecule has 0 spiro atoms. The molecule has 1 saturated carbocycles. The summed E-state index contributed by atoms with van der Waals surface area (Å²) >= 11 is 0. The standard InChI is InChI=1S/C21H22N2O3/c1-15-20(24)23(14-13-22(15)21(25)16-7-8-16)17-9-11-19(12-10-17)26-18-5-3-2-4-6-18/h2-6,9-12,15-16H,7-8,13-14H2,1H3/t15-/m1/s1. The zero-order chi connectivity index (χ0) is 18.1. The number of carbonyl (C=O) groups is 2. The van der Waals surface area contributed by atoms with E-state index in [1.165, 1.54) is 0 Å². The lowest BCUT2D eigenvalue weighted by molar-refractivity contribution is -0.141. The van der Waals surface area contributed by atoms with Crippen molar-refractivity contribution in [2.24, 2.45) is 5.92 Å². The van der Waals surface area contributed by atoms with Gasteiger partial charge in [-0.1, -0.05) is 18.2 Å².